The largest absolute Gasteiger partial charge is 0.276 e. The van der Waals surface area contributed by atoms with E-state index in [1.807, 2.05) is 0 Å². The van der Waals surface area contributed by atoms with Crippen molar-refractivity contribution in [1.29, 1.82) is 0 Å². The smallest absolute Gasteiger partial charge is 0.274 e. The summed E-state index contributed by atoms with van der Waals surface area (Å²) in [6.07, 6.45) is 1.16. The van der Waals surface area contributed by atoms with E-state index < -0.39 is 0 Å². The summed E-state index contributed by atoms with van der Waals surface area (Å²) in [5.74, 6) is 0.331. The minimum atomic E-state index is -0.229. The highest BCUT2D eigenvalue weighted by molar-refractivity contribution is 5.20. The molecular weight excluding hydrogens is 148 g/mol. The fourth-order valence-corrected chi connectivity index (χ4v) is 0.743. The van der Waals surface area contributed by atoms with Gasteiger partial charge in [-0.2, -0.15) is 0 Å². The third kappa shape index (κ3) is 0.704. The van der Waals surface area contributed by atoms with Crippen LogP contribution in [-0.2, 0) is 7.05 Å². The minimum absolute atomic E-state index is 0.229. The molecule has 0 N–H and O–H groups in total. The molecular formula is C4H4N6O. The molecule has 0 atom stereocenters. The number of fused-ring (bicyclic) bond motifs is 1. The number of aryl methyl sites for hydroxylation is 1. The molecule has 7 heteroatoms. The highest BCUT2D eigenvalue weighted by Gasteiger charge is 2.01. The van der Waals surface area contributed by atoms with Crippen LogP contribution in [0.5, 0.6) is 0 Å². The number of nitrogens with zero attached hydrogens (tertiary/aromatic N) is 6. The van der Waals surface area contributed by atoms with Gasteiger partial charge in [-0.1, -0.05) is 9.73 Å². The van der Waals surface area contributed by atoms with Crippen LogP contribution in [0, 0.1) is 0 Å². The van der Waals surface area contributed by atoms with E-state index in [1.165, 1.54) is 9.20 Å². The third-order valence-electron chi connectivity index (χ3n) is 1.35. The second-order valence-electron chi connectivity index (χ2n) is 2.01. The highest BCUT2D eigenvalue weighted by atomic mass is 16.1. The van der Waals surface area contributed by atoms with Gasteiger partial charge in [-0.3, -0.25) is 9.36 Å². The molecule has 11 heavy (non-hydrogen) atoms. The molecule has 0 aliphatic rings. The van der Waals surface area contributed by atoms with Crippen molar-refractivity contribution in [2.75, 3.05) is 0 Å². The Bertz CT molecular complexity index is 441. The SMILES string of the molecule is Cn1c(=O)cnn2nnnc12. The Hall–Kier alpha value is -1.79. The Morgan fingerprint density at radius 2 is 2.36 bits per heavy atom. The Balaban J connectivity index is 3.04. The van der Waals surface area contributed by atoms with Gasteiger partial charge in [0.05, 0.1) is 0 Å². The molecule has 0 saturated heterocycles. The van der Waals surface area contributed by atoms with Crippen molar-refractivity contribution in [3.05, 3.63) is 16.6 Å². The van der Waals surface area contributed by atoms with Crippen LogP contribution in [0.4, 0.5) is 0 Å². The monoisotopic (exact) mass is 152 g/mol. The van der Waals surface area contributed by atoms with Crippen molar-refractivity contribution in [2.45, 2.75) is 0 Å². The molecule has 0 aromatic carbocycles. The third-order valence-corrected chi connectivity index (χ3v) is 1.35. The molecule has 0 spiro atoms. The maximum absolute atomic E-state index is 10.9. The molecule has 0 aliphatic heterocycles. The van der Waals surface area contributed by atoms with Gasteiger partial charge in [-0.25, -0.2) is 0 Å². The Morgan fingerprint density at radius 3 is 3.18 bits per heavy atom. The van der Waals surface area contributed by atoms with Gasteiger partial charge < -0.3 is 0 Å². The van der Waals surface area contributed by atoms with Crippen LogP contribution in [-0.4, -0.2) is 29.8 Å². The molecule has 7 nitrogen and oxygen atoms in total. The van der Waals surface area contributed by atoms with Gasteiger partial charge in [0, 0.05) is 7.05 Å². The summed E-state index contributed by atoms with van der Waals surface area (Å²) in [4.78, 5) is 10.9. The molecule has 0 saturated carbocycles. The van der Waals surface area contributed by atoms with Crippen LogP contribution >= 0.6 is 0 Å². The fraction of sp³-hybridized carbons (Fsp3) is 0.250. The van der Waals surface area contributed by atoms with Crippen molar-refractivity contribution >= 4 is 5.78 Å². The average Bonchev–Trinajstić information content (AvgIpc) is 2.45. The Morgan fingerprint density at radius 1 is 1.55 bits per heavy atom. The van der Waals surface area contributed by atoms with Gasteiger partial charge in [0.1, 0.15) is 6.20 Å². The highest BCUT2D eigenvalue weighted by Crippen LogP contribution is 1.83. The van der Waals surface area contributed by atoms with Crippen molar-refractivity contribution < 1.29 is 0 Å². The summed E-state index contributed by atoms with van der Waals surface area (Å²) in [5, 5.41) is 14.1. The van der Waals surface area contributed by atoms with Crippen LogP contribution in [0.15, 0.2) is 11.0 Å². The van der Waals surface area contributed by atoms with Gasteiger partial charge in [0.25, 0.3) is 11.3 Å². The molecule has 2 aromatic rings. The zero-order chi connectivity index (χ0) is 7.84. The van der Waals surface area contributed by atoms with Crippen molar-refractivity contribution in [3.8, 4) is 0 Å². The Kier molecular flexibility index (Phi) is 0.999. The molecule has 0 bridgehead atoms. The van der Waals surface area contributed by atoms with Crippen LogP contribution < -0.4 is 5.56 Å². The first-order valence-electron chi connectivity index (χ1n) is 2.89. The van der Waals surface area contributed by atoms with Crippen LogP contribution in [0.2, 0.25) is 0 Å². The van der Waals surface area contributed by atoms with Crippen molar-refractivity contribution in [1.82, 2.24) is 29.8 Å². The van der Waals surface area contributed by atoms with E-state index in [9.17, 15) is 4.79 Å². The van der Waals surface area contributed by atoms with Crippen molar-refractivity contribution in [2.24, 2.45) is 7.05 Å². The molecule has 0 amide bonds. The van der Waals surface area contributed by atoms with Crippen LogP contribution in [0.1, 0.15) is 0 Å². The summed E-state index contributed by atoms with van der Waals surface area (Å²) in [6.45, 7) is 0. The molecule has 56 valence electrons. The summed E-state index contributed by atoms with van der Waals surface area (Å²) >= 11 is 0. The molecule has 2 heterocycles. The van der Waals surface area contributed by atoms with Crippen LogP contribution in [0.25, 0.3) is 5.78 Å². The number of tetrazole rings is 1. The number of hydrogen-bond donors (Lipinski definition) is 0. The zero-order valence-electron chi connectivity index (χ0n) is 5.67. The molecule has 0 unspecified atom stereocenters. The van der Waals surface area contributed by atoms with E-state index >= 15 is 0 Å². The number of aromatic nitrogens is 6. The lowest BCUT2D eigenvalue weighted by Gasteiger charge is -1.93. The first-order valence-corrected chi connectivity index (χ1v) is 2.89. The van der Waals surface area contributed by atoms with Gasteiger partial charge in [0.15, 0.2) is 0 Å². The zero-order valence-corrected chi connectivity index (χ0v) is 5.67. The molecule has 0 radical (unpaired) electrons. The first kappa shape index (κ1) is 5.96. The summed E-state index contributed by atoms with van der Waals surface area (Å²) in [5.41, 5.74) is -0.229. The minimum Gasteiger partial charge on any atom is -0.276 e. The molecule has 0 fully saturated rings. The summed E-state index contributed by atoms with van der Waals surface area (Å²) in [6, 6.07) is 0. The van der Waals surface area contributed by atoms with Gasteiger partial charge >= 0.3 is 0 Å². The van der Waals surface area contributed by atoms with Gasteiger partial charge in [-0.05, 0) is 10.4 Å². The molecule has 2 rings (SSSR count). The van der Waals surface area contributed by atoms with Crippen LogP contribution in [0.3, 0.4) is 0 Å². The molecule has 2 aromatic heterocycles. The topological polar surface area (TPSA) is 78.0 Å². The number of hydrogen-bond acceptors (Lipinski definition) is 5. The fourth-order valence-electron chi connectivity index (χ4n) is 0.743. The van der Waals surface area contributed by atoms with Crippen molar-refractivity contribution in [3.63, 3.8) is 0 Å². The average molecular weight is 152 g/mol. The van der Waals surface area contributed by atoms with E-state index in [2.05, 4.69) is 20.6 Å². The maximum Gasteiger partial charge on any atom is 0.274 e. The normalized spacial score (nSPS) is 10.6. The predicted octanol–water partition coefficient (Wildman–Crippen LogP) is -1.78. The summed E-state index contributed by atoms with van der Waals surface area (Å²) in [7, 11) is 1.58. The van der Waals surface area contributed by atoms with E-state index in [0.717, 1.165) is 6.20 Å². The lowest BCUT2D eigenvalue weighted by Crippen LogP contribution is -2.19. The number of rotatable bonds is 0. The van der Waals surface area contributed by atoms with E-state index in [4.69, 9.17) is 0 Å². The second kappa shape index (κ2) is 1.84. The quantitative estimate of drug-likeness (QED) is 0.446. The van der Waals surface area contributed by atoms with E-state index in [1.54, 1.807) is 7.05 Å². The van der Waals surface area contributed by atoms with Gasteiger partial charge in [-0.15, -0.1) is 5.10 Å². The predicted molar refractivity (Wildman–Crippen MR) is 33.8 cm³/mol. The second-order valence-corrected chi connectivity index (χ2v) is 2.01. The lowest BCUT2D eigenvalue weighted by molar-refractivity contribution is 0.693. The lowest BCUT2D eigenvalue weighted by atomic mass is 10.8. The Labute approximate surface area is 60.3 Å². The van der Waals surface area contributed by atoms with Gasteiger partial charge in [0.2, 0.25) is 0 Å². The van der Waals surface area contributed by atoms with E-state index in [-0.39, 0.29) is 5.56 Å². The standard InChI is InChI=1S/C4H4N6O/c1-9-3(11)2-5-10-4(9)6-7-8-10/h2H,1H3. The maximum atomic E-state index is 10.9. The summed E-state index contributed by atoms with van der Waals surface area (Å²) < 4.78 is 2.49. The molecule has 0 aliphatic carbocycles. The first-order chi connectivity index (χ1) is 5.29. The van der Waals surface area contributed by atoms with E-state index in [0.29, 0.717) is 5.78 Å².